The molecule has 0 saturated carbocycles. The van der Waals surface area contributed by atoms with Gasteiger partial charge in [0, 0.05) is 6.54 Å². The van der Waals surface area contributed by atoms with E-state index in [9.17, 15) is 9.90 Å². The Bertz CT molecular complexity index is 651. The molecule has 0 saturated heterocycles. The van der Waals surface area contributed by atoms with Crippen LogP contribution in [0.15, 0.2) is 23.3 Å². The quantitative estimate of drug-likeness (QED) is 0.617. The van der Waals surface area contributed by atoms with Crippen molar-refractivity contribution in [3.63, 3.8) is 0 Å². The van der Waals surface area contributed by atoms with Crippen molar-refractivity contribution in [3.05, 3.63) is 28.8 Å². The number of anilines is 2. The molecule has 1 unspecified atom stereocenters. The summed E-state index contributed by atoms with van der Waals surface area (Å²) in [5, 5.41) is 13.4. The summed E-state index contributed by atoms with van der Waals surface area (Å²) < 4.78 is 0. The van der Waals surface area contributed by atoms with Gasteiger partial charge in [0.25, 0.3) is 5.56 Å². The van der Waals surface area contributed by atoms with Crippen molar-refractivity contribution in [3.8, 4) is 0 Å². The summed E-state index contributed by atoms with van der Waals surface area (Å²) in [4.78, 5) is 18.2. The summed E-state index contributed by atoms with van der Waals surface area (Å²) in [6.07, 6.45) is 1.65. The van der Waals surface area contributed by atoms with Crippen LogP contribution in [0.2, 0.25) is 0 Å². The van der Waals surface area contributed by atoms with Crippen LogP contribution in [0.1, 0.15) is 20.3 Å². The molecule has 0 radical (unpaired) electrons. The number of nitrogens with zero attached hydrogens (tertiary/aromatic N) is 1. The normalized spacial score (nSPS) is 12.8. The summed E-state index contributed by atoms with van der Waals surface area (Å²) in [6, 6.07) is 3.32. The molecule has 5 N–H and O–H groups in total. The molecule has 0 aliphatic heterocycles. The Kier molecular flexibility index (Phi) is 4.24. The lowest BCUT2D eigenvalue weighted by atomic mass is 10.1. The first-order valence-corrected chi connectivity index (χ1v) is 6.66. The van der Waals surface area contributed by atoms with E-state index in [2.05, 4.69) is 29.1 Å². The number of aromatic amines is 1. The molecule has 0 spiro atoms. The zero-order valence-corrected chi connectivity index (χ0v) is 11.7. The highest BCUT2D eigenvalue weighted by Gasteiger charge is 2.09. The van der Waals surface area contributed by atoms with Gasteiger partial charge in [0.2, 0.25) is 0 Å². The standard InChI is InChI=1S/C14H20N4O2/c1-8(2)3-9(19)6-16-13-5-12-10(4-11(13)15)14(20)18-7-17-12/h4-5,7-9,16,19H,3,6,15H2,1-2H3,(H,17,18,20). The number of nitrogen functional groups attached to an aromatic ring is 1. The molecule has 0 aliphatic carbocycles. The number of aliphatic hydroxyl groups is 1. The van der Waals surface area contributed by atoms with Crippen LogP contribution < -0.4 is 16.6 Å². The largest absolute Gasteiger partial charge is 0.397 e. The molecule has 0 bridgehead atoms. The number of H-pyrrole nitrogens is 1. The predicted octanol–water partition coefficient (Wildman–Crippen LogP) is 1.32. The Balaban J connectivity index is 2.18. The van der Waals surface area contributed by atoms with Gasteiger partial charge >= 0.3 is 0 Å². The zero-order valence-electron chi connectivity index (χ0n) is 11.7. The average molecular weight is 276 g/mol. The molecule has 1 atom stereocenters. The molecule has 1 aromatic heterocycles. The molecule has 0 aliphatic rings. The number of fused-ring (bicyclic) bond motifs is 1. The minimum Gasteiger partial charge on any atom is -0.397 e. The fraction of sp³-hybridized carbons (Fsp3) is 0.429. The number of hydrogen-bond acceptors (Lipinski definition) is 5. The minimum atomic E-state index is -0.433. The molecule has 0 amide bonds. The lowest BCUT2D eigenvalue weighted by Gasteiger charge is -2.16. The second-order valence-corrected chi connectivity index (χ2v) is 5.35. The van der Waals surface area contributed by atoms with Gasteiger partial charge in [-0.2, -0.15) is 0 Å². The van der Waals surface area contributed by atoms with Gasteiger partial charge < -0.3 is 21.1 Å². The Hall–Kier alpha value is -2.08. The van der Waals surface area contributed by atoms with Crippen molar-refractivity contribution in [1.29, 1.82) is 0 Å². The van der Waals surface area contributed by atoms with E-state index >= 15 is 0 Å². The number of aromatic nitrogens is 2. The summed E-state index contributed by atoms with van der Waals surface area (Å²) in [5.74, 6) is 0.431. The molecule has 2 aromatic rings. The first-order chi connectivity index (χ1) is 9.47. The van der Waals surface area contributed by atoms with E-state index in [-0.39, 0.29) is 5.56 Å². The second kappa shape index (κ2) is 5.92. The lowest BCUT2D eigenvalue weighted by molar-refractivity contribution is 0.161. The summed E-state index contributed by atoms with van der Waals surface area (Å²) >= 11 is 0. The van der Waals surface area contributed by atoms with E-state index < -0.39 is 6.10 Å². The minimum absolute atomic E-state index is 0.215. The molecule has 6 nitrogen and oxygen atoms in total. The third-order valence-electron chi connectivity index (χ3n) is 3.08. The zero-order chi connectivity index (χ0) is 14.7. The molecule has 108 valence electrons. The predicted molar refractivity (Wildman–Crippen MR) is 80.7 cm³/mol. The Morgan fingerprint density at radius 2 is 2.20 bits per heavy atom. The number of benzene rings is 1. The highest BCUT2D eigenvalue weighted by molar-refractivity contribution is 5.88. The van der Waals surface area contributed by atoms with Crippen LogP contribution in [-0.2, 0) is 0 Å². The molecule has 0 fully saturated rings. The number of hydrogen-bond donors (Lipinski definition) is 4. The molecule has 6 heteroatoms. The van der Waals surface area contributed by atoms with Crippen molar-refractivity contribution >= 4 is 22.3 Å². The van der Waals surface area contributed by atoms with Gasteiger partial charge in [0.15, 0.2) is 0 Å². The third kappa shape index (κ3) is 3.27. The van der Waals surface area contributed by atoms with Crippen LogP contribution in [0.3, 0.4) is 0 Å². The monoisotopic (exact) mass is 276 g/mol. The first kappa shape index (κ1) is 14.3. The van der Waals surface area contributed by atoms with Gasteiger partial charge in [0.1, 0.15) is 0 Å². The summed E-state index contributed by atoms with van der Waals surface area (Å²) in [5.41, 5.74) is 7.42. The molecule has 20 heavy (non-hydrogen) atoms. The second-order valence-electron chi connectivity index (χ2n) is 5.35. The number of aliphatic hydroxyl groups excluding tert-OH is 1. The van der Waals surface area contributed by atoms with Gasteiger partial charge in [-0.25, -0.2) is 4.98 Å². The van der Waals surface area contributed by atoms with Crippen LogP contribution in [0.5, 0.6) is 0 Å². The molecule has 1 aromatic carbocycles. The van der Waals surface area contributed by atoms with E-state index in [4.69, 9.17) is 5.73 Å². The number of nitrogens with one attached hydrogen (secondary N) is 2. The number of nitrogens with two attached hydrogens (primary N) is 1. The number of rotatable bonds is 5. The van der Waals surface area contributed by atoms with Crippen LogP contribution in [0, 0.1) is 5.92 Å². The van der Waals surface area contributed by atoms with Gasteiger partial charge in [-0.15, -0.1) is 0 Å². The lowest BCUT2D eigenvalue weighted by Crippen LogP contribution is -2.21. The summed E-state index contributed by atoms with van der Waals surface area (Å²) in [7, 11) is 0. The van der Waals surface area contributed by atoms with Crippen molar-refractivity contribution in [2.75, 3.05) is 17.6 Å². The van der Waals surface area contributed by atoms with E-state index in [1.54, 1.807) is 12.1 Å². The Morgan fingerprint density at radius 3 is 2.90 bits per heavy atom. The molecular weight excluding hydrogens is 256 g/mol. The maximum atomic E-state index is 11.6. The van der Waals surface area contributed by atoms with Crippen LogP contribution >= 0.6 is 0 Å². The van der Waals surface area contributed by atoms with Crippen molar-refractivity contribution in [2.24, 2.45) is 5.92 Å². The van der Waals surface area contributed by atoms with E-state index in [1.807, 2.05) is 0 Å². The Labute approximate surface area is 117 Å². The maximum Gasteiger partial charge on any atom is 0.258 e. The molecule has 1 heterocycles. The fourth-order valence-electron chi connectivity index (χ4n) is 2.14. The first-order valence-electron chi connectivity index (χ1n) is 6.66. The molecular formula is C14H20N4O2. The van der Waals surface area contributed by atoms with Crippen molar-refractivity contribution in [1.82, 2.24) is 9.97 Å². The van der Waals surface area contributed by atoms with Crippen LogP contribution in [0.25, 0.3) is 10.9 Å². The van der Waals surface area contributed by atoms with Gasteiger partial charge in [-0.1, -0.05) is 13.8 Å². The molecule has 2 rings (SSSR count). The van der Waals surface area contributed by atoms with E-state index in [1.165, 1.54) is 6.33 Å². The summed E-state index contributed by atoms with van der Waals surface area (Å²) in [6.45, 7) is 4.53. The highest BCUT2D eigenvalue weighted by Crippen LogP contribution is 2.23. The van der Waals surface area contributed by atoms with Crippen molar-refractivity contribution in [2.45, 2.75) is 26.4 Å². The fourth-order valence-corrected chi connectivity index (χ4v) is 2.14. The highest BCUT2D eigenvalue weighted by atomic mass is 16.3. The van der Waals surface area contributed by atoms with Crippen molar-refractivity contribution < 1.29 is 5.11 Å². The van der Waals surface area contributed by atoms with E-state index in [0.717, 1.165) is 6.42 Å². The van der Waals surface area contributed by atoms with Gasteiger partial charge in [-0.05, 0) is 24.5 Å². The van der Waals surface area contributed by atoms with E-state index in [0.29, 0.717) is 34.7 Å². The topological polar surface area (TPSA) is 104 Å². The van der Waals surface area contributed by atoms with Gasteiger partial charge in [-0.3, -0.25) is 4.79 Å². The smallest absolute Gasteiger partial charge is 0.258 e. The maximum absolute atomic E-state index is 11.6. The van der Waals surface area contributed by atoms with Crippen LogP contribution in [0.4, 0.5) is 11.4 Å². The SMILES string of the molecule is CC(C)CC(O)CNc1cc2nc[nH]c(=O)c2cc1N. The average Bonchev–Trinajstić information content (AvgIpc) is 2.37. The Morgan fingerprint density at radius 1 is 1.45 bits per heavy atom. The third-order valence-corrected chi connectivity index (χ3v) is 3.08. The van der Waals surface area contributed by atoms with Gasteiger partial charge in [0.05, 0.1) is 34.7 Å². The van der Waals surface area contributed by atoms with Crippen LogP contribution in [-0.4, -0.2) is 27.7 Å².